The molecule has 200 valence electrons. The van der Waals surface area contributed by atoms with E-state index in [1.54, 1.807) is 30.3 Å². The number of hydrogen-bond acceptors (Lipinski definition) is 5. The quantitative estimate of drug-likeness (QED) is 0.175. The molecule has 0 aliphatic heterocycles. The highest BCUT2D eigenvalue weighted by Crippen LogP contribution is 2.37. The molecule has 38 heavy (non-hydrogen) atoms. The topological polar surface area (TPSA) is 89.0 Å². The van der Waals surface area contributed by atoms with Crippen molar-refractivity contribution in [1.82, 2.24) is 5.43 Å². The molecule has 0 saturated carbocycles. The molecular formula is C28H28BrCl2N3O4. The molecule has 0 atom stereocenters. The van der Waals surface area contributed by atoms with Crippen molar-refractivity contribution in [2.45, 2.75) is 40.2 Å². The Morgan fingerprint density at radius 2 is 1.79 bits per heavy atom. The zero-order valence-electron chi connectivity index (χ0n) is 21.2. The average molecular weight is 621 g/mol. The molecule has 0 fully saturated rings. The lowest BCUT2D eigenvalue weighted by Crippen LogP contribution is -2.21. The molecule has 3 aromatic carbocycles. The van der Waals surface area contributed by atoms with Gasteiger partial charge in [0.1, 0.15) is 6.61 Å². The van der Waals surface area contributed by atoms with E-state index in [2.05, 4.69) is 31.8 Å². The molecule has 0 bridgehead atoms. The summed E-state index contributed by atoms with van der Waals surface area (Å²) in [6, 6.07) is 14.4. The molecule has 0 aliphatic rings. The number of carbonyl (C=O) groups is 2. The van der Waals surface area contributed by atoms with Crippen LogP contribution < -0.4 is 20.2 Å². The van der Waals surface area contributed by atoms with Crippen molar-refractivity contribution in [3.05, 3.63) is 85.3 Å². The Hall–Kier alpha value is -3.07. The van der Waals surface area contributed by atoms with E-state index in [9.17, 15) is 9.59 Å². The molecule has 0 spiro atoms. The average Bonchev–Trinajstić information content (AvgIpc) is 2.86. The number of hydrogen-bond donors (Lipinski definition) is 2. The van der Waals surface area contributed by atoms with Gasteiger partial charge in [0.05, 0.1) is 17.3 Å². The van der Waals surface area contributed by atoms with Crippen LogP contribution in [0.5, 0.6) is 11.5 Å². The lowest BCUT2D eigenvalue weighted by Gasteiger charge is -2.15. The normalized spacial score (nSPS) is 10.9. The number of nitrogens with zero attached hydrogens (tertiary/aromatic N) is 1. The van der Waals surface area contributed by atoms with Crippen LogP contribution in [0.1, 0.15) is 42.0 Å². The van der Waals surface area contributed by atoms with Gasteiger partial charge in [-0.15, -0.1) is 0 Å². The first-order valence-electron chi connectivity index (χ1n) is 11.9. The molecule has 2 amide bonds. The van der Waals surface area contributed by atoms with Crippen molar-refractivity contribution in [2.75, 3.05) is 11.9 Å². The molecule has 3 rings (SSSR count). The first-order valence-corrected chi connectivity index (χ1v) is 13.4. The molecule has 7 nitrogen and oxygen atoms in total. The van der Waals surface area contributed by atoms with E-state index in [-0.39, 0.29) is 31.3 Å². The highest BCUT2D eigenvalue weighted by molar-refractivity contribution is 9.10. The zero-order valence-corrected chi connectivity index (χ0v) is 24.3. The van der Waals surface area contributed by atoms with Crippen LogP contribution in [-0.4, -0.2) is 24.6 Å². The van der Waals surface area contributed by atoms with Gasteiger partial charge in [0.25, 0.3) is 0 Å². The van der Waals surface area contributed by atoms with Crippen molar-refractivity contribution in [1.29, 1.82) is 0 Å². The molecule has 0 heterocycles. The third kappa shape index (κ3) is 8.48. The number of anilines is 1. The number of halogens is 3. The summed E-state index contributed by atoms with van der Waals surface area (Å²) in [7, 11) is 0. The summed E-state index contributed by atoms with van der Waals surface area (Å²) in [4.78, 5) is 24.4. The summed E-state index contributed by atoms with van der Waals surface area (Å²) in [5, 5.41) is 7.91. The highest BCUT2D eigenvalue weighted by atomic mass is 79.9. The maximum absolute atomic E-state index is 12.2. The maximum atomic E-state index is 12.2. The minimum absolute atomic E-state index is 0.00195. The molecule has 10 heteroatoms. The van der Waals surface area contributed by atoms with Crippen molar-refractivity contribution in [3.63, 3.8) is 0 Å². The Balaban J connectivity index is 1.57. The Morgan fingerprint density at radius 3 is 2.53 bits per heavy atom. The van der Waals surface area contributed by atoms with E-state index >= 15 is 0 Å². The fraction of sp³-hybridized carbons (Fsp3) is 0.250. The van der Waals surface area contributed by atoms with Crippen LogP contribution in [0.25, 0.3) is 0 Å². The van der Waals surface area contributed by atoms with Crippen LogP contribution in [0, 0.1) is 13.8 Å². The second kappa shape index (κ2) is 14.2. The second-order valence-corrected chi connectivity index (χ2v) is 10.1. The number of carbonyl (C=O) groups excluding carboxylic acids is 2. The molecule has 0 aliphatic carbocycles. The van der Waals surface area contributed by atoms with Crippen LogP contribution in [0.2, 0.25) is 10.0 Å². The van der Waals surface area contributed by atoms with Gasteiger partial charge in [-0.05, 0) is 83.7 Å². The van der Waals surface area contributed by atoms with Gasteiger partial charge in [-0.3, -0.25) is 9.59 Å². The Kier molecular flexibility index (Phi) is 11.0. The van der Waals surface area contributed by atoms with Gasteiger partial charge in [0.15, 0.2) is 11.5 Å². The van der Waals surface area contributed by atoms with E-state index in [0.717, 1.165) is 22.4 Å². The van der Waals surface area contributed by atoms with Crippen molar-refractivity contribution in [2.24, 2.45) is 5.10 Å². The predicted molar refractivity (Wildman–Crippen MR) is 156 cm³/mol. The van der Waals surface area contributed by atoms with Gasteiger partial charge in [-0.1, -0.05) is 41.4 Å². The highest BCUT2D eigenvalue weighted by Gasteiger charge is 2.14. The van der Waals surface area contributed by atoms with E-state index in [1.165, 1.54) is 6.21 Å². The van der Waals surface area contributed by atoms with Gasteiger partial charge >= 0.3 is 0 Å². The van der Waals surface area contributed by atoms with Crippen molar-refractivity contribution < 1.29 is 19.1 Å². The number of hydrazone groups is 1. The molecular weight excluding hydrogens is 593 g/mol. The standard InChI is InChI=1S/C28H28BrCl2N3O4/c1-4-37-25-13-19(12-22(29)28(25)38-16-20-8-9-21(30)14-23(20)31)15-32-34-27(36)11-10-26(35)33-24-7-5-6-17(2)18(24)3/h5-9,12-15H,4,10-11,16H2,1-3H3,(H,33,35)(H,34,36). The fourth-order valence-electron chi connectivity index (χ4n) is 3.42. The molecule has 0 radical (unpaired) electrons. The summed E-state index contributed by atoms with van der Waals surface area (Å²) in [6.07, 6.45) is 1.53. The number of nitrogens with one attached hydrogen (secondary N) is 2. The summed E-state index contributed by atoms with van der Waals surface area (Å²) in [5.41, 5.74) is 6.73. The van der Waals surface area contributed by atoms with Crippen LogP contribution in [0.4, 0.5) is 5.69 Å². The maximum Gasteiger partial charge on any atom is 0.240 e. The minimum Gasteiger partial charge on any atom is -0.490 e. The molecule has 3 aromatic rings. The molecule has 2 N–H and O–H groups in total. The third-order valence-electron chi connectivity index (χ3n) is 5.58. The van der Waals surface area contributed by atoms with E-state index in [0.29, 0.717) is 38.2 Å². The number of amides is 2. The third-order valence-corrected chi connectivity index (χ3v) is 6.76. The van der Waals surface area contributed by atoms with Crippen molar-refractivity contribution in [3.8, 4) is 11.5 Å². The van der Waals surface area contributed by atoms with E-state index in [1.807, 2.05) is 39.0 Å². The smallest absolute Gasteiger partial charge is 0.240 e. The predicted octanol–water partition coefficient (Wildman–Crippen LogP) is 7.22. The van der Waals surface area contributed by atoms with Crippen molar-refractivity contribution >= 4 is 62.8 Å². The summed E-state index contributed by atoms with van der Waals surface area (Å²) in [6.45, 7) is 6.42. The van der Waals surface area contributed by atoms with Crippen LogP contribution >= 0.6 is 39.1 Å². The van der Waals surface area contributed by atoms with Gasteiger partial charge in [0.2, 0.25) is 11.8 Å². The summed E-state index contributed by atoms with van der Waals surface area (Å²) in [5.74, 6) is 0.400. The molecule has 0 unspecified atom stereocenters. The van der Waals surface area contributed by atoms with E-state index in [4.69, 9.17) is 32.7 Å². The minimum atomic E-state index is -0.374. The van der Waals surface area contributed by atoms with Gasteiger partial charge in [0, 0.05) is 34.1 Å². The fourth-order valence-corrected chi connectivity index (χ4v) is 4.45. The second-order valence-electron chi connectivity index (χ2n) is 8.38. The lowest BCUT2D eigenvalue weighted by molar-refractivity contribution is -0.124. The monoisotopic (exact) mass is 619 g/mol. The first-order chi connectivity index (χ1) is 18.2. The Bertz CT molecular complexity index is 1350. The zero-order chi connectivity index (χ0) is 27.7. The van der Waals surface area contributed by atoms with E-state index < -0.39 is 0 Å². The molecule has 0 aromatic heterocycles. The largest absolute Gasteiger partial charge is 0.490 e. The number of benzene rings is 3. The summed E-state index contributed by atoms with van der Waals surface area (Å²) >= 11 is 15.7. The summed E-state index contributed by atoms with van der Waals surface area (Å²) < 4.78 is 12.4. The number of aryl methyl sites for hydroxylation is 1. The number of ether oxygens (including phenoxy) is 2. The Morgan fingerprint density at radius 1 is 1.03 bits per heavy atom. The van der Waals surface area contributed by atoms with Gasteiger partial charge in [-0.2, -0.15) is 5.10 Å². The first kappa shape index (κ1) is 29.5. The SMILES string of the molecule is CCOc1cc(C=NNC(=O)CCC(=O)Nc2cccc(C)c2C)cc(Br)c1OCc1ccc(Cl)cc1Cl. The van der Waals surface area contributed by atoms with Crippen LogP contribution in [-0.2, 0) is 16.2 Å². The van der Waals surface area contributed by atoms with Crippen LogP contribution in [0.15, 0.2) is 58.1 Å². The number of rotatable bonds is 11. The lowest BCUT2D eigenvalue weighted by atomic mass is 10.1. The van der Waals surface area contributed by atoms with Gasteiger partial charge < -0.3 is 14.8 Å². The molecule has 0 saturated heterocycles. The van der Waals surface area contributed by atoms with Crippen LogP contribution in [0.3, 0.4) is 0 Å². The van der Waals surface area contributed by atoms with Gasteiger partial charge in [-0.25, -0.2) is 5.43 Å². The Labute approximate surface area is 240 Å².